The van der Waals surface area contributed by atoms with Crippen molar-refractivity contribution in [3.8, 4) is 11.1 Å². The van der Waals surface area contributed by atoms with E-state index in [1.807, 2.05) is 24.3 Å². The molecule has 2 aromatic rings. The van der Waals surface area contributed by atoms with Crippen molar-refractivity contribution in [2.24, 2.45) is 0 Å². The van der Waals surface area contributed by atoms with Crippen LogP contribution in [0.1, 0.15) is 37.3 Å². The summed E-state index contributed by atoms with van der Waals surface area (Å²) >= 11 is 0. The van der Waals surface area contributed by atoms with Gasteiger partial charge in [-0.3, -0.25) is 0 Å². The predicted octanol–water partition coefficient (Wildman–Crippen LogP) is 5.89. The standard InChI is InChI=1S/C17H17F3/c1-3-12(2)13-4-6-14(7-5-13)15-8-10-16(11-9-15)17(18,19)20/h4-12H,3H2,1-2H3. The van der Waals surface area contributed by atoms with Gasteiger partial charge < -0.3 is 0 Å². The molecular formula is C17H17F3. The normalized spacial score (nSPS) is 13.2. The zero-order valence-electron chi connectivity index (χ0n) is 11.5. The van der Waals surface area contributed by atoms with Crippen LogP contribution in [0.15, 0.2) is 48.5 Å². The van der Waals surface area contributed by atoms with Gasteiger partial charge in [0.25, 0.3) is 0 Å². The molecule has 0 bridgehead atoms. The van der Waals surface area contributed by atoms with E-state index in [-0.39, 0.29) is 0 Å². The van der Waals surface area contributed by atoms with Gasteiger partial charge in [-0.1, -0.05) is 50.2 Å². The van der Waals surface area contributed by atoms with E-state index in [0.29, 0.717) is 5.92 Å². The van der Waals surface area contributed by atoms with Gasteiger partial charge in [-0.05, 0) is 41.2 Å². The molecule has 0 aromatic heterocycles. The molecule has 0 fully saturated rings. The maximum Gasteiger partial charge on any atom is 0.416 e. The number of hydrogen-bond acceptors (Lipinski definition) is 0. The molecule has 1 atom stereocenters. The minimum atomic E-state index is -4.28. The summed E-state index contributed by atoms with van der Waals surface area (Å²) in [7, 11) is 0. The van der Waals surface area contributed by atoms with Crippen LogP contribution < -0.4 is 0 Å². The Morgan fingerprint density at radius 3 is 1.70 bits per heavy atom. The van der Waals surface area contributed by atoms with Crippen molar-refractivity contribution in [1.29, 1.82) is 0 Å². The monoisotopic (exact) mass is 278 g/mol. The van der Waals surface area contributed by atoms with Crippen LogP contribution in [-0.2, 0) is 6.18 Å². The SMILES string of the molecule is CCC(C)c1ccc(-c2ccc(C(F)(F)F)cc2)cc1. The summed E-state index contributed by atoms with van der Waals surface area (Å²) in [6.07, 6.45) is -3.21. The van der Waals surface area contributed by atoms with Crippen LogP contribution in [0.5, 0.6) is 0 Å². The molecule has 0 spiro atoms. The van der Waals surface area contributed by atoms with Crippen molar-refractivity contribution in [3.63, 3.8) is 0 Å². The van der Waals surface area contributed by atoms with Gasteiger partial charge in [-0.15, -0.1) is 0 Å². The molecule has 3 heteroatoms. The van der Waals surface area contributed by atoms with Gasteiger partial charge >= 0.3 is 6.18 Å². The lowest BCUT2D eigenvalue weighted by Gasteiger charge is -2.11. The Bertz CT molecular complexity index is 550. The molecule has 1 unspecified atom stereocenters. The average Bonchev–Trinajstić information content (AvgIpc) is 2.46. The molecule has 0 aliphatic rings. The predicted molar refractivity (Wildman–Crippen MR) is 75.6 cm³/mol. The molecule has 106 valence electrons. The lowest BCUT2D eigenvalue weighted by Crippen LogP contribution is -2.03. The van der Waals surface area contributed by atoms with Crippen molar-refractivity contribution >= 4 is 0 Å². The first-order valence-electron chi connectivity index (χ1n) is 6.69. The fourth-order valence-electron chi connectivity index (χ4n) is 2.09. The van der Waals surface area contributed by atoms with E-state index in [0.717, 1.165) is 29.7 Å². The van der Waals surface area contributed by atoms with E-state index in [9.17, 15) is 13.2 Å². The van der Waals surface area contributed by atoms with Gasteiger partial charge in [0.2, 0.25) is 0 Å². The number of alkyl halides is 3. The van der Waals surface area contributed by atoms with E-state index >= 15 is 0 Å². The molecule has 2 rings (SSSR count). The van der Waals surface area contributed by atoms with E-state index in [1.54, 1.807) is 0 Å². The quantitative estimate of drug-likeness (QED) is 0.657. The van der Waals surface area contributed by atoms with Crippen molar-refractivity contribution < 1.29 is 13.2 Å². The Kier molecular flexibility index (Phi) is 4.17. The Hall–Kier alpha value is -1.77. The summed E-state index contributed by atoms with van der Waals surface area (Å²) in [6, 6.07) is 13.3. The zero-order valence-corrected chi connectivity index (χ0v) is 11.5. The molecule has 0 radical (unpaired) electrons. The number of rotatable bonds is 3. The number of hydrogen-bond donors (Lipinski definition) is 0. The van der Waals surface area contributed by atoms with Gasteiger partial charge in [0.15, 0.2) is 0 Å². The molecule has 0 amide bonds. The lowest BCUT2D eigenvalue weighted by atomic mass is 9.95. The van der Waals surface area contributed by atoms with Crippen LogP contribution in [0.4, 0.5) is 13.2 Å². The van der Waals surface area contributed by atoms with E-state index < -0.39 is 11.7 Å². The van der Waals surface area contributed by atoms with Gasteiger partial charge in [0.1, 0.15) is 0 Å². The summed E-state index contributed by atoms with van der Waals surface area (Å²) in [6.45, 7) is 4.29. The summed E-state index contributed by atoms with van der Waals surface area (Å²) in [5, 5.41) is 0. The highest BCUT2D eigenvalue weighted by atomic mass is 19.4. The number of halogens is 3. The first-order chi connectivity index (χ1) is 9.41. The molecule has 0 aliphatic carbocycles. The summed E-state index contributed by atoms with van der Waals surface area (Å²) in [5.41, 5.74) is 2.38. The third kappa shape index (κ3) is 3.21. The van der Waals surface area contributed by atoms with Gasteiger partial charge in [-0.25, -0.2) is 0 Å². The average molecular weight is 278 g/mol. The van der Waals surface area contributed by atoms with Gasteiger partial charge in [-0.2, -0.15) is 13.2 Å². The third-order valence-electron chi connectivity index (χ3n) is 3.64. The molecule has 0 nitrogen and oxygen atoms in total. The maximum absolute atomic E-state index is 12.5. The number of benzene rings is 2. The smallest absolute Gasteiger partial charge is 0.166 e. The second-order valence-corrected chi connectivity index (χ2v) is 5.01. The summed E-state index contributed by atoms with van der Waals surface area (Å²) in [4.78, 5) is 0. The second kappa shape index (κ2) is 5.70. The van der Waals surface area contributed by atoms with Crippen molar-refractivity contribution in [1.82, 2.24) is 0 Å². The van der Waals surface area contributed by atoms with Crippen molar-refractivity contribution in [3.05, 3.63) is 59.7 Å². The lowest BCUT2D eigenvalue weighted by molar-refractivity contribution is -0.137. The highest BCUT2D eigenvalue weighted by Gasteiger charge is 2.29. The van der Waals surface area contributed by atoms with Crippen LogP contribution >= 0.6 is 0 Å². The van der Waals surface area contributed by atoms with E-state index in [2.05, 4.69) is 13.8 Å². The Labute approximate surface area is 117 Å². The van der Waals surface area contributed by atoms with Crippen LogP contribution in [-0.4, -0.2) is 0 Å². The summed E-state index contributed by atoms with van der Waals surface area (Å²) in [5.74, 6) is 0.497. The topological polar surface area (TPSA) is 0 Å². The maximum atomic E-state index is 12.5. The molecule has 0 saturated carbocycles. The van der Waals surface area contributed by atoms with Crippen LogP contribution in [0.3, 0.4) is 0 Å². The molecular weight excluding hydrogens is 261 g/mol. The van der Waals surface area contributed by atoms with Crippen molar-refractivity contribution in [2.75, 3.05) is 0 Å². The highest BCUT2D eigenvalue weighted by molar-refractivity contribution is 5.64. The minimum Gasteiger partial charge on any atom is -0.166 e. The first-order valence-corrected chi connectivity index (χ1v) is 6.69. The van der Waals surface area contributed by atoms with Gasteiger partial charge in [0, 0.05) is 0 Å². The largest absolute Gasteiger partial charge is 0.416 e. The van der Waals surface area contributed by atoms with Crippen LogP contribution in [0.2, 0.25) is 0 Å². The molecule has 20 heavy (non-hydrogen) atoms. The second-order valence-electron chi connectivity index (χ2n) is 5.01. The minimum absolute atomic E-state index is 0.497. The van der Waals surface area contributed by atoms with Crippen LogP contribution in [0.25, 0.3) is 11.1 Å². The Balaban J connectivity index is 2.24. The van der Waals surface area contributed by atoms with Crippen LogP contribution in [0, 0.1) is 0 Å². The molecule has 0 N–H and O–H groups in total. The highest BCUT2D eigenvalue weighted by Crippen LogP contribution is 2.31. The molecule has 0 heterocycles. The first kappa shape index (κ1) is 14.6. The third-order valence-corrected chi connectivity index (χ3v) is 3.64. The zero-order chi connectivity index (χ0) is 14.8. The molecule has 0 aliphatic heterocycles. The van der Waals surface area contributed by atoms with Crippen molar-refractivity contribution in [2.45, 2.75) is 32.4 Å². The molecule has 2 aromatic carbocycles. The summed E-state index contributed by atoms with van der Waals surface area (Å²) < 4.78 is 37.5. The van der Waals surface area contributed by atoms with Gasteiger partial charge in [0.05, 0.1) is 5.56 Å². The Morgan fingerprint density at radius 1 is 0.850 bits per heavy atom. The molecule has 0 saturated heterocycles. The van der Waals surface area contributed by atoms with E-state index in [4.69, 9.17) is 0 Å². The fraction of sp³-hybridized carbons (Fsp3) is 0.294. The Morgan fingerprint density at radius 2 is 1.30 bits per heavy atom. The fourth-order valence-corrected chi connectivity index (χ4v) is 2.09. The van der Waals surface area contributed by atoms with E-state index in [1.165, 1.54) is 17.7 Å².